The van der Waals surface area contributed by atoms with Gasteiger partial charge in [0, 0.05) is 21.1 Å². The van der Waals surface area contributed by atoms with E-state index in [1.54, 1.807) is 0 Å². The van der Waals surface area contributed by atoms with Crippen molar-refractivity contribution in [3.05, 3.63) is 46.2 Å². The first kappa shape index (κ1) is 12.8. The molecule has 0 radical (unpaired) electrons. The summed E-state index contributed by atoms with van der Waals surface area (Å²) in [5, 5.41) is 5.35. The maximum absolute atomic E-state index is 4.49. The maximum Gasteiger partial charge on any atom is 0.0790 e. The van der Waals surface area contributed by atoms with Crippen LogP contribution in [0.4, 0.5) is 0 Å². The van der Waals surface area contributed by atoms with Crippen molar-refractivity contribution in [2.24, 2.45) is 0 Å². The van der Waals surface area contributed by atoms with Crippen LogP contribution in [0.5, 0.6) is 0 Å². The first-order chi connectivity index (χ1) is 8.27. The Kier molecular flexibility index (Phi) is 4.40. The Bertz CT molecular complexity index is 506. The Labute approximate surface area is 118 Å². The molecule has 0 aliphatic carbocycles. The molecule has 0 spiro atoms. The van der Waals surface area contributed by atoms with Crippen molar-refractivity contribution in [1.82, 2.24) is 9.78 Å². The second-order valence-electron chi connectivity index (χ2n) is 3.86. The summed E-state index contributed by atoms with van der Waals surface area (Å²) in [5.74, 6) is 0. The van der Waals surface area contributed by atoms with Gasteiger partial charge in [-0.2, -0.15) is 5.10 Å². The van der Waals surface area contributed by atoms with E-state index in [1.807, 2.05) is 29.1 Å². The topological polar surface area (TPSA) is 17.8 Å². The van der Waals surface area contributed by atoms with Gasteiger partial charge in [-0.25, -0.2) is 4.68 Å². The number of benzene rings is 1. The molecular formula is C13H14Br2N2. The molecule has 0 saturated heterocycles. The normalized spacial score (nSPS) is 10.8. The van der Waals surface area contributed by atoms with Crippen LogP contribution in [-0.2, 0) is 11.8 Å². The summed E-state index contributed by atoms with van der Waals surface area (Å²) in [7, 11) is 0. The Morgan fingerprint density at radius 1 is 1.29 bits per heavy atom. The lowest BCUT2D eigenvalue weighted by Crippen LogP contribution is -2.04. The average molecular weight is 358 g/mol. The monoisotopic (exact) mass is 356 g/mol. The van der Waals surface area contributed by atoms with E-state index in [-0.39, 0.29) is 0 Å². The lowest BCUT2D eigenvalue weighted by Gasteiger charge is -2.09. The zero-order valence-electron chi connectivity index (χ0n) is 9.66. The Balaban J connectivity index is 2.52. The molecule has 2 rings (SSSR count). The minimum absolute atomic E-state index is 0.854. The molecule has 2 nitrogen and oxygen atoms in total. The largest absolute Gasteiger partial charge is 0.236 e. The van der Waals surface area contributed by atoms with Crippen molar-refractivity contribution in [2.75, 3.05) is 0 Å². The van der Waals surface area contributed by atoms with E-state index < -0.39 is 0 Å². The molecule has 2 aromatic rings. The fourth-order valence-corrected chi connectivity index (χ4v) is 2.77. The summed E-state index contributed by atoms with van der Waals surface area (Å²) in [5.41, 5.74) is 3.65. The van der Waals surface area contributed by atoms with Crippen molar-refractivity contribution in [3.63, 3.8) is 0 Å². The summed E-state index contributed by atoms with van der Waals surface area (Å²) in [6.45, 7) is 2.19. The number of hydrogen-bond acceptors (Lipinski definition) is 1. The Hall–Kier alpha value is -0.610. The number of nitrogens with zero attached hydrogens (tertiary/aromatic N) is 2. The third-order valence-electron chi connectivity index (χ3n) is 2.67. The van der Waals surface area contributed by atoms with Crippen LogP contribution in [-0.4, -0.2) is 9.78 Å². The van der Waals surface area contributed by atoms with Gasteiger partial charge in [0.2, 0.25) is 0 Å². The first-order valence-corrected chi connectivity index (χ1v) is 7.56. The summed E-state index contributed by atoms with van der Waals surface area (Å²) in [6, 6.07) is 8.17. The SMILES string of the molecule is CCCc1c(CBr)cnn1-c1ccccc1Br. The lowest BCUT2D eigenvalue weighted by molar-refractivity contribution is 0.769. The molecule has 0 amide bonds. The molecule has 0 saturated carbocycles. The minimum Gasteiger partial charge on any atom is -0.236 e. The molecule has 17 heavy (non-hydrogen) atoms. The summed E-state index contributed by atoms with van der Waals surface area (Å²) < 4.78 is 3.10. The van der Waals surface area contributed by atoms with E-state index in [9.17, 15) is 0 Å². The highest BCUT2D eigenvalue weighted by Gasteiger charge is 2.12. The standard InChI is InChI=1S/C13H14Br2N2/c1-2-5-12-10(8-14)9-16-17(12)13-7-4-3-6-11(13)15/h3-4,6-7,9H,2,5,8H2,1H3. The molecule has 1 aromatic heterocycles. The fourth-order valence-electron chi connectivity index (χ4n) is 1.85. The van der Waals surface area contributed by atoms with Gasteiger partial charge < -0.3 is 0 Å². The predicted octanol–water partition coefficient (Wildman–Crippen LogP) is 4.48. The fraction of sp³-hybridized carbons (Fsp3) is 0.308. The Morgan fingerprint density at radius 3 is 2.71 bits per heavy atom. The molecule has 0 aliphatic rings. The molecular weight excluding hydrogens is 344 g/mol. The van der Waals surface area contributed by atoms with Gasteiger partial charge in [0.05, 0.1) is 11.9 Å². The third kappa shape index (κ3) is 2.63. The Morgan fingerprint density at radius 2 is 2.06 bits per heavy atom. The van der Waals surface area contributed by atoms with E-state index in [1.165, 1.54) is 11.3 Å². The van der Waals surface area contributed by atoms with E-state index in [4.69, 9.17) is 0 Å². The number of para-hydroxylation sites is 1. The van der Waals surface area contributed by atoms with Gasteiger partial charge in [-0.05, 0) is 34.5 Å². The molecule has 1 heterocycles. The maximum atomic E-state index is 4.49. The van der Waals surface area contributed by atoms with Gasteiger partial charge in [0.15, 0.2) is 0 Å². The third-order valence-corrected chi connectivity index (χ3v) is 3.94. The van der Waals surface area contributed by atoms with Gasteiger partial charge in [-0.3, -0.25) is 0 Å². The van der Waals surface area contributed by atoms with Crippen molar-refractivity contribution in [1.29, 1.82) is 0 Å². The molecule has 0 unspecified atom stereocenters. The summed E-state index contributed by atoms with van der Waals surface area (Å²) in [6.07, 6.45) is 4.11. The molecule has 0 aliphatic heterocycles. The van der Waals surface area contributed by atoms with Gasteiger partial charge in [0.1, 0.15) is 0 Å². The predicted molar refractivity (Wildman–Crippen MR) is 77.9 cm³/mol. The molecule has 1 aromatic carbocycles. The lowest BCUT2D eigenvalue weighted by atomic mass is 10.2. The number of aromatic nitrogens is 2. The molecule has 0 atom stereocenters. The number of hydrogen-bond donors (Lipinski definition) is 0. The highest BCUT2D eigenvalue weighted by Crippen LogP contribution is 2.24. The van der Waals surface area contributed by atoms with E-state index in [2.05, 4.69) is 49.9 Å². The van der Waals surface area contributed by atoms with Crippen LogP contribution in [0.1, 0.15) is 24.6 Å². The van der Waals surface area contributed by atoms with Crippen LogP contribution in [0.15, 0.2) is 34.9 Å². The van der Waals surface area contributed by atoms with Crippen molar-refractivity contribution in [2.45, 2.75) is 25.1 Å². The quantitative estimate of drug-likeness (QED) is 0.737. The minimum atomic E-state index is 0.854. The zero-order valence-corrected chi connectivity index (χ0v) is 12.8. The number of rotatable bonds is 4. The molecule has 90 valence electrons. The number of halogens is 2. The zero-order chi connectivity index (χ0) is 12.3. The average Bonchev–Trinajstić information content (AvgIpc) is 2.73. The van der Waals surface area contributed by atoms with Crippen molar-refractivity contribution >= 4 is 31.9 Å². The summed E-state index contributed by atoms with van der Waals surface area (Å²) in [4.78, 5) is 0. The van der Waals surface area contributed by atoms with Gasteiger partial charge in [-0.15, -0.1) is 0 Å². The second-order valence-corrected chi connectivity index (χ2v) is 5.28. The van der Waals surface area contributed by atoms with Gasteiger partial charge in [0.25, 0.3) is 0 Å². The summed E-state index contributed by atoms with van der Waals surface area (Å²) >= 11 is 7.09. The van der Waals surface area contributed by atoms with Crippen molar-refractivity contribution < 1.29 is 0 Å². The molecule has 0 N–H and O–H groups in total. The van der Waals surface area contributed by atoms with E-state index >= 15 is 0 Å². The van der Waals surface area contributed by atoms with Crippen LogP contribution < -0.4 is 0 Å². The highest BCUT2D eigenvalue weighted by molar-refractivity contribution is 9.10. The number of alkyl halides is 1. The first-order valence-electron chi connectivity index (χ1n) is 5.64. The van der Waals surface area contributed by atoms with Crippen LogP contribution in [0.3, 0.4) is 0 Å². The molecule has 4 heteroatoms. The highest BCUT2D eigenvalue weighted by atomic mass is 79.9. The van der Waals surface area contributed by atoms with Crippen LogP contribution in [0.2, 0.25) is 0 Å². The van der Waals surface area contributed by atoms with Crippen LogP contribution in [0, 0.1) is 0 Å². The second kappa shape index (κ2) is 5.83. The van der Waals surface area contributed by atoms with Crippen LogP contribution >= 0.6 is 31.9 Å². The van der Waals surface area contributed by atoms with E-state index in [0.717, 1.165) is 28.3 Å². The molecule has 0 fully saturated rings. The smallest absolute Gasteiger partial charge is 0.0790 e. The van der Waals surface area contributed by atoms with Crippen molar-refractivity contribution in [3.8, 4) is 5.69 Å². The molecule has 0 bridgehead atoms. The van der Waals surface area contributed by atoms with Crippen LogP contribution in [0.25, 0.3) is 5.69 Å². The van der Waals surface area contributed by atoms with E-state index in [0.29, 0.717) is 0 Å². The van der Waals surface area contributed by atoms with Gasteiger partial charge in [-0.1, -0.05) is 41.4 Å². The van der Waals surface area contributed by atoms with Gasteiger partial charge >= 0.3 is 0 Å².